The van der Waals surface area contributed by atoms with Gasteiger partial charge in [0.25, 0.3) is 5.69 Å². The fourth-order valence-electron chi connectivity index (χ4n) is 1.51. The summed E-state index contributed by atoms with van der Waals surface area (Å²) in [5, 5.41) is 17.1. The summed E-state index contributed by atoms with van der Waals surface area (Å²) in [5.41, 5.74) is 1.07. The van der Waals surface area contributed by atoms with Gasteiger partial charge in [0.2, 0.25) is 0 Å². The first-order valence-electron chi connectivity index (χ1n) is 6.61. The maximum Gasteiger partial charge on any atom is 0.269 e. The molecule has 0 fully saturated rings. The second-order valence-electron chi connectivity index (χ2n) is 5.17. The Morgan fingerprint density at radius 2 is 1.91 bits per heavy atom. The van der Waals surface area contributed by atoms with Crippen molar-refractivity contribution in [1.82, 2.24) is 10.6 Å². The van der Waals surface area contributed by atoms with Crippen LogP contribution in [0.2, 0.25) is 0 Å². The van der Waals surface area contributed by atoms with Crippen molar-refractivity contribution in [1.29, 1.82) is 0 Å². The van der Waals surface area contributed by atoms with Gasteiger partial charge in [-0.2, -0.15) is 11.8 Å². The maximum absolute atomic E-state index is 10.6. The molecule has 0 aliphatic carbocycles. The van der Waals surface area contributed by atoms with Gasteiger partial charge < -0.3 is 10.6 Å². The summed E-state index contributed by atoms with van der Waals surface area (Å²) in [6.07, 6.45) is 2.08. The molecule has 0 radical (unpaired) electrons. The van der Waals surface area contributed by atoms with E-state index in [0.717, 1.165) is 18.1 Å². The average Bonchev–Trinajstić information content (AvgIpc) is 2.48. The Balaban J connectivity index is 0.00000441. The first kappa shape index (κ1) is 21.0. The number of nitrogens with one attached hydrogen (secondary N) is 2. The van der Waals surface area contributed by atoms with Gasteiger partial charge >= 0.3 is 0 Å². The van der Waals surface area contributed by atoms with Crippen LogP contribution in [-0.4, -0.2) is 35.5 Å². The minimum atomic E-state index is -0.401. The van der Waals surface area contributed by atoms with Crippen molar-refractivity contribution in [2.75, 3.05) is 19.8 Å². The highest BCUT2D eigenvalue weighted by Gasteiger charge is 2.16. The van der Waals surface area contributed by atoms with Crippen LogP contribution in [-0.2, 0) is 6.54 Å². The number of nitro groups is 1. The van der Waals surface area contributed by atoms with Crippen molar-refractivity contribution < 1.29 is 4.92 Å². The van der Waals surface area contributed by atoms with E-state index in [9.17, 15) is 10.1 Å². The second kappa shape index (κ2) is 9.88. The Labute approximate surface area is 152 Å². The van der Waals surface area contributed by atoms with Crippen molar-refractivity contribution in [2.24, 2.45) is 4.99 Å². The summed E-state index contributed by atoms with van der Waals surface area (Å²) < 4.78 is 0.130. The average molecular weight is 438 g/mol. The number of aliphatic imine (C=N–C) groups is 1. The topological polar surface area (TPSA) is 79.6 Å². The van der Waals surface area contributed by atoms with Crippen molar-refractivity contribution in [3.63, 3.8) is 0 Å². The summed E-state index contributed by atoms with van der Waals surface area (Å²) in [4.78, 5) is 14.4. The van der Waals surface area contributed by atoms with Crippen LogP contribution >= 0.6 is 35.7 Å². The maximum atomic E-state index is 10.6. The zero-order chi connectivity index (χ0) is 15.9. The van der Waals surface area contributed by atoms with Crippen LogP contribution in [0.5, 0.6) is 0 Å². The van der Waals surface area contributed by atoms with Crippen LogP contribution in [0.15, 0.2) is 29.3 Å². The molecule has 1 aromatic carbocycles. The van der Waals surface area contributed by atoms with Crippen LogP contribution in [0.1, 0.15) is 19.4 Å². The molecule has 8 heteroatoms. The SMILES string of the molecule is CN=C(NCc1ccc([N+](=O)[O-])cc1)NCC(C)(C)SC.I. The zero-order valence-corrected chi connectivity index (χ0v) is 16.4. The normalized spacial score (nSPS) is 11.5. The highest BCUT2D eigenvalue weighted by atomic mass is 127. The number of halogens is 1. The first-order valence-corrected chi connectivity index (χ1v) is 7.83. The molecule has 1 rings (SSSR count). The molecule has 0 saturated heterocycles. The number of nitrogens with zero attached hydrogens (tertiary/aromatic N) is 2. The first-order chi connectivity index (χ1) is 9.88. The fraction of sp³-hybridized carbons (Fsp3) is 0.500. The molecule has 0 unspecified atom stereocenters. The molecule has 0 bridgehead atoms. The van der Waals surface area contributed by atoms with E-state index in [1.54, 1.807) is 30.9 Å². The van der Waals surface area contributed by atoms with E-state index in [1.807, 2.05) is 0 Å². The van der Waals surface area contributed by atoms with Gasteiger partial charge in [-0.15, -0.1) is 24.0 Å². The number of nitro benzene ring substituents is 1. The number of guanidine groups is 1. The quantitative estimate of drug-likeness (QED) is 0.235. The van der Waals surface area contributed by atoms with E-state index in [0.29, 0.717) is 6.54 Å². The molecular formula is C14H23IN4O2S. The third-order valence-corrected chi connectivity index (χ3v) is 4.31. The standard InChI is InChI=1S/C14H22N4O2S.HI/c1-14(2,21-4)10-17-13(15-3)16-9-11-5-7-12(8-6-11)18(19)20;/h5-8H,9-10H2,1-4H3,(H2,15,16,17);1H. The number of hydrogen-bond acceptors (Lipinski definition) is 4. The van der Waals surface area contributed by atoms with Crippen LogP contribution in [0.25, 0.3) is 0 Å². The number of benzene rings is 1. The van der Waals surface area contributed by atoms with Crippen LogP contribution < -0.4 is 10.6 Å². The Morgan fingerprint density at radius 1 is 1.32 bits per heavy atom. The van der Waals surface area contributed by atoms with E-state index in [1.165, 1.54) is 12.1 Å². The summed E-state index contributed by atoms with van der Waals surface area (Å²) >= 11 is 1.79. The Kier molecular flexibility index (Phi) is 9.42. The van der Waals surface area contributed by atoms with Crippen molar-refractivity contribution in [3.8, 4) is 0 Å². The molecule has 0 spiro atoms. The van der Waals surface area contributed by atoms with Gasteiger partial charge in [0.15, 0.2) is 5.96 Å². The summed E-state index contributed by atoms with van der Waals surface area (Å²) in [7, 11) is 1.72. The number of non-ortho nitro benzene ring substituents is 1. The lowest BCUT2D eigenvalue weighted by atomic mass is 10.2. The van der Waals surface area contributed by atoms with Crippen molar-refractivity contribution in [3.05, 3.63) is 39.9 Å². The van der Waals surface area contributed by atoms with Gasteiger partial charge in [0, 0.05) is 37.0 Å². The second-order valence-corrected chi connectivity index (χ2v) is 6.68. The van der Waals surface area contributed by atoms with Gasteiger partial charge in [0.1, 0.15) is 0 Å². The molecule has 22 heavy (non-hydrogen) atoms. The number of rotatable bonds is 6. The van der Waals surface area contributed by atoms with E-state index >= 15 is 0 Å². The number of hydrogen-bond donors (Lipinski definition) is 2. The Morgan fingerprint density at radius 3 is 2.36 bits per heavy atom. The van der Waals surface area contributed by atoms with Gasteiger partial charge in [-0.3, -0.25) is 15.1 Å². The van der Waals surface area contributed by atoms with E-state index < -0.39 is 4.92 Å². The Hall–Kier alpha value is -1.03. The predicted molar refractivity (Wildman–Crippen MR) is 104 cm³/mol. The van der Waals surface area contributed by atoms with Crippen LogP contribution in [0, 0.1) is 10.1 Å². The largest absolute Gasteiger partial charge is 0.355 e. The summed E-state index contributed by atoms with van der Waals surface area (Å²) in [6.45, 7) is 5.69. The number of thioether (sulfide) groups is 1. The molecule has 6 nitrogen and oxygen atoms in total. The Bertz CT molecular complexity index is 506. The third kappa shape index (κ3) is 7.30. The molecule has 2 N–H and O–H groups in total. The molecule has 124 valence electrons. The molecule has 0 aliphatic heterocycles. The lowest BCUT2D eigenvalue weighted by molar-refractivity contribution is -0.384. The van der Waals surface area contributed by atoms with Crippen LogP contribution in [0.3, 0.4) is 0 Å². The summed E-state index contributed by atoms with van der Waals surface area (Å²) in [5.74, 6) is 0.718. The van der Waals surface area contributed by atoms with E-state index in [4.69, 9.17) is 0 Å². The smallest absolute Gasteiger partial charge is 0.269 e. The molecule has 0 atom stereocenters. The zero-order valence-electron chi connectivity index (χ0n) is 13.3. The lowest BCUT2D eigenvalue weighted by Gasteiger charge is -2.23. The molecule has 0 saturated carbocycles. The van der Waals surface area contributed by atoms with E-state index in [2.05, 4.69) is 35.7 Å². The predicted octanol–water partition coefficient (Wildman–Crippen LogP) is 3.02. The van der Waals surface area contributed by atoms with E-state index in [-0.39, 0.29) is 34.4 Å². The van der Waals surface area contributed by atoms with Crippen LogP contribution in [0.4, 0.5) is 5.69 Å². The van der Waals surface area contributed by atoms with Crippen molar-refractivity contribution in [2.45, 2.75) is 25.1 Å². The van der Waals surface area contributed by atoms with Gasteiger partial charge in [-0.05, 0) is 25.7 Å². The molecule has 0 aliphatic rings. The highest BCUT2D eigenvalue weighted by molar-refractivity contribution is 14.0. The monoisotopic (exact) mass is 438 g/mol. The molecule has 0 aromatic heterocycles. The molecule has 0 amide bonds. The van der Waals surface area contributed by atoms with Crippen molar-refractivity contribution >= 4 is 47.4 Å². The minimum Gasteiger partial charge on any atom is -0.355 e. The van der Waals surface area contributed by atoms with Gasteiger partial charge in [-0.1, -0.05) is 12.1 Å². The molecular weight excluding hydrogens is 415 g/mol. The fourth-order valence-corrected chi connectivity index (χ4v) is 1.73. The third-order valence-electron chi connectivity index (χ3n) is 3.06. The highest BCUT2D eigenvalue weighted by Crippen LogP contribution is 2.19. The molecule has 1 aromatic rings. The lowest BCUT2D eigenvalue weighted by Crippen LogP contribution is -2.42. The molecule has 0 heterocycles. The van der Waals surface area contributed by atoms with Gasteiger partial charge in [-0.25, -0.2) is 0 Å². The minimum absolute atomic E-state index is 0. The van der Waals surface area contributed by atoms with Gasteiger partial charge in [0.05, 0.1) is 4.92 Å². The summed E-state index contributed by atoms with van der Waals surface area (Å²) in [6, 6.07) is 6.49.